The predicted octanol–water partition coefficient (Wildman–Crippen LogP) is 12.6. The van der Waals surface area contributed by atoms with Gasteiger partial charge in [-0.1, -0.05) is 159 Å². The molecule has 7 aromatic carbocycles. The Bertz CT molecular complexity index is 2820. The van der Waals surface area contributed by atoms with Gasteiger partial charge in [0.1, 0.15) is 11.5 Å². The Labute approximate surface area is 321 Å². The summed E-state index contributed by atoms with van der Waals surface area (Å²) in [5.41, 5.74) is 11.5. The van der Waals surface area contributed by atoms with Crippen molar-refractivity contribution in [2.75, 3.05) is 0 Å². The highest BCUT2D eigenvalue weighted by molar-refractivity contribution is 5.97. The molecule has 0 N–H and O–H groups in total. The highest BCUT2D eigenvalue weighted by Gasteiger charge is 2.53. The van der Waals surface area contributed by atoms with Crippen LogP contribution in [0.4, 0.5) is 0 Å². The van der Waals surface area contributed by atoms with Gasteiger partial charge in [0.05, 0.1) is 11.0 Å². The Morgan fingerprint density at radius 2 is 1.04 bits per heavy atom. The summed E-state index contributed by atoms with van der Waals surface area (Å²) in [6.07, 6.45) is 5.27. The van der Waals surface area contributed by atoms with E-state index in [-0.39, 0.29) is 0 Å². The molecule has 0 bridgehead atoms. The van der Waals surface area contributed by atoms with Crippen molar-refractivity contribution < 1.29 is 4.74 Å². The van der Waals surface area contributed by atoms with E-state index >= 15 is 0 Å². The van der Waals surface area contributed by atoms with Crippen LogP contribution in [0.3, 0.4) is 0 Å². The third-order valence-electron chi connectivity index (χ3n) is 11.0. The summed E-state index contributed by atoms with van der Waals surface area (Å²) in [4.78, 5) is 15.5. The number of aromatic nitrogens is 3. The normalized spacial score (nSPS) is 16.9. The van der Waals surface area contributed by atoms with Crippen LogP contribution in [0.5, 0.6) is 5.75 Å². The van der Waals surface area contributed by atoms with Gasteiger partial charge in [-0.2, -0.15) is 0 Å². The smallest absolute Gasteiger partial charge is 0.167 e. The molecule has 1 atom stereocenters. The van der Waals surface area contributed by atoms with Crippen molar-refractivity contribution in [3.8, 4) is 62.2 Å². The highest BCUT2D eigenvalue weighted by Crippen LogP contribution is 2.63. The zero-order valence-corrected chi connectivity index (χ0v) is 30.7. The molecule has 2 aliphatic rings. The molecule has 55 heavy (non-hydrogen) atoms. The van der Waals surface area contributed by atoms with Crippen LogP contribution >= 0.6 is 0 Å². The molecule has 262 valence electrons. The summed E-state index contributed by atoms with van der Waals surface area (Å²) in [5.74, 6) is 3.40. The summed E-state index contributed by atoms with van der Waals surface area (Å²) >= 11 is 0. The molecule has 0 radical (unpaired) electrons. The van der Waals surface area contributed by atoms with Gasteiger partial charge in [-0.25, -0.2) is 15.0 Å². The quantitative estimate of drug-likeness (QED) is 0.179. The molecule has 1 unspecified atom stereocenters. The highest BCUT2D eigenvalue weighted by atomic mass is 16.5. The van der Waals surface area contributed by atoms with E-state index in [4.69, 9.17) is 19.7 Å². The summed E-state index contributed by atoms with van der Waals surface area (Å²) in [7, 11) is 0. The van der Waals surface area contributed by atoms with Gasteiger partial charge in [0.25, 0.3) is 0 Å². The molecule has 0 saturated heterocycles. The molecule has 0 amide bonds. The van der Waals surface area contributed by atoms with Crippen LogP contribution in [0.25, 0.3) is 67.2 Å². The number of benzene rings is 7. The SMILES string of the molecule is C/C=C1\C(=C/CC)Oc2c(-c3nc(-c4ccccc4)nc(-c4ccc(-c5ccccc5)cc4)n3)cccc2C12c1ccccc1-c1cc3ccccc3cc12. The third kappa shape index (κ3) is 5.17. The molecule has 0 saturated carbocycles. The zero-order valence-electron chi connectivity index (χ0n) is 30.7. The van der Waals surface area contributed by atoms with Crippen molar-refractivity contribution in [3.05, 3.63) is 204 Å². The van der Waals surface area contributed by atoms with Gasteiger partial charge in [-0.15, -0.1) is 0 Å². The molecule has 1 aliphatic heterocycles. The summed E-state index contributed by atoms with van der Waals surface area (Å²) in [6, 6.07) is 57.7. The Hall–Kier alpha value is -6.91. The van der Waals surface area contributed by atoms with E-state index in [1.807, 2.05) is 36.4 Å². The first kappa shape index (κ1) is 32.7. The Kier molecular flexibility index (Phi) is 7.85. The molecule has 2 heterocycles. The maximum Gasteiger partial charge on any atom is 0.167 e. The number of para-hydroxylation sites is 1. The van der Waals surface area contributed by atoms with Crippen LogP contribution in [-0.4, -0.2) is 15.0 Å². The van der Waals surface area contributed by atoms with E-state index in [2.05, 4.69) is 153 Å². The topological polar surface area (TPSA) is 47.9 Å². The molecule has 1 spiro atoms. The molecular weight excluding hydrogens is 671 g/mol. The number of nitrogens with zero attached hydrogens (tertiary/aromatic N) is 3. The number of hydrogen-bond acceptors (Lipinski definition) is 4. The molecular formula is C51H37N3O. The van der Waals surface area contributed by atoms with E-state index in [9.17, 15) is 0 Å². The van der Waals surface area contributed by atoms with Crippen molar-refractivity contribution in [2.45, 2.75) is 25.7 Å². The fraction of sp³-hybridized carbons (Fsp3) is 0.0784. The molecule has 10 rings (SSSR count). The minimum Gasteiger partial charge on any atom is -0.456 e. The first-order chi connectivity index (χ1) is 27.2. The van der Waals surface area contributed by atoms with Gasteiger partial charge >= 0.3 is 0 Å². The average Bonchev–Trinajstić information content (AvgIpc) is 3.52. The number of fused-ring (bicyclic) bond motifs is 8. The number of ether oxygens (including phenoxy) is 1. The number of hydrogen-bond donors (Lipinski definition) is 0. The van der Waals surface area contributed by atoms with Crippen LogP contribution < -0.4 is 4.74 Å². The maximum atomic E-state index is 7.11. The van der Waals surface area contributed by atoms with Gasteiger partial charge in [0.15, 0.2) is 17.5 Å². The summed E-state index contributed by atoms with van der Waals surface area (Å²) in [5, 5.41) is 2.44. The Balaban J connectivity index is 1.23. The van der Waals surface area contributed by atoms with Gasteiger partial charge in [0.2, 0.25) is 0 Å². The average molecular weight is 708 g/mol. The van der Waals surface area contributed by atoms with Gasteiger partial charge in [-0.05, 0) is 81.8 Å². The largest absolute Gasteiger partial charge is 0.456 e. The Morgan fingerprint density at radius 1 is 0.491 bits per heavy atom. The minimum atomic E-state index is -0.624. The van der Waals surface area contributed by atoms with Crippen molar-refractivity contribution in [1.29, 1.82) is 0 Å². The second kappa shape index (κ2) is 13.2. The molecule has 8 aromatic rings. The monoisotopic (exact) mass is 707 g/mol. The van der Waals surface area contributed by atoms with E-state index in [1.54, 1.807) is 0 Å². The van der Waals surface area contributed by atoms with Crippen molar-refractivity contribution in [3.63, 3.8) is 0 Å². The lowest BCUT2D eigenvalue weighted by atomic mass is 9.64. The first-order valence-electron chi connectivity index (χ1n) is 19.0. The predicted molar refractivity (Wildman–Crippen MR) is 224 cm³/mol. The van der Waals surface area contributed by atoms with E-state index < -0.39 is 5.41 Å². The number of allylic oxidation sites excluding steroid dienone is 3. The molecule has 1 aliphatic carbocycles. The van der Waals surface area contributed by atoms with E-state index in [1.165, 1.54) is 33.0 Å². The fourth-order valence-electron chi connectivity index (χ4n) is 8.64. The second-order valence-corrected chi connectivity index (χ2v) is 14.1. The van der Waals surface area contributed by atoms with Crippen molar-refractivity contribution in [2.24, 2.45) is 0 Å². The fourth-order valence-corrected chi connectivity index (χ4v) is 8.64. The molecule has 4 nitrogen and oxygen atoms in total. The van der Waals surface area contributed by atoms with Crippen LogP contribution in [0, 0.1) is 0 Å². The van der Waals surface area contributed by atoms with Crippen LogP contribution in [0.1, 0.15) is 37.0 Å². The van der Waals surface area contributed by atoms with Crippen LogP contribution in [0.2, 0.25) is 0 Å². The maximum absolute atomic E-state index is 7.11. The van der Waals surface area contributed by atoms with Crippen LogP contribution in [0.15, 0.2) is 187 Å². The summed E-state index contributed by atoms with van der Waals surface area (Å²) < 4.78 is 7.11. The van der Waals surface area contributed by atoms with Gasteiger partial charge in [0, 0.05) is 22.3 Å². The van der Waals surface area contributed by atoms with E-state index in [0.29, 0.717) is 17.5 Å². The van der Waals surface area contributed by atoms with Crippen molar-refractivity contribution in [1.82, 2.24) is 15.0 Å². The molecule has 1 aromatic heterocycles. The lowest BCUT2D eigenvalue weighted by molar-refractivity contribution is 0.389. The standard InChI is InChI=1S/C51H37N3O/c1-3-16-46-42(4-2)51(43-25-14-13-23-39(43)41-31-37-21-11-12-22-38(37)32-45(41)51)44-26-15-24-40(47(44)55-46)50-53-48(35-19-9-6-10-20-35)52-49(54-50)36-29-27-34(28-30-36)33-17-7-5-8-18-33/h4-32H,3H2,1-2H3/b42-4+,46-16+. The lowest BCUT2D eigenvalue weighted by Crippen LogP contribution is -2.35. The molecule has 4 heteroatoms. The molecule has 0 fully saturated rings. The summed E-state index contributed by atoms with van der Waals surface area (Å²) in [6.45, 7) is 4.29. The zero-order chi connectivity index (χ0) is 36.9. The van der Waals surface area contributed by atoms with Crippen molar-refractivity contribution >= 4 is 10.8 Å². The first-order valence-corrected chi connectivity index (χ1v) is 19.0. The van der Waals surface area contributed by atoms with Crippen LogP contribution in [-0.2, 0) is 5.41 Å². The lowest BCUT2D eigenvalue weighted by Gasteiger charge is -2.42. The second-order valence-electron chi connectivity index (χ2n) is 14.1. The van der Waals surface area contributed by atoms with Gasteiger partial charge < -0.3 is 4.74 Å². The number of rotatable bonds is 5. The Morgan fingerprint density at radius 3 is 1.75 bits per heavy atom. The van der Waals surface area contributed by atoms with E-state index in [0.717, 1.165) is 56.9 Å². The minimum absolute atomic E-state index is 0.563. The van der Waals surface area contributed by atoms with Gasteiger partial charge in [-0.3, -0.25) is 0 Å². The third-order valence-corrected chi connectivity index (χ3v) is 11.0.